The van der Waals surface area contributed by atoms with Crippen LogP contribution in [0.2, 0.25) is 0 Å². The summed E-state index contributed by atoms with van der Waals surface area (Å²) in [6.45, 7) is 1.95. The van der Waals surface area contributed by atoms with Gasteiger partial charge < -0.3 is 15.8 Å². The highest BCUT2D eigenvalue weighted by Gasteiger charge is 2.11. The van der Waals surface area contributed by atoms with E-state index in [-0.39, 0.29) is 10.9 Å². The van der Waals surface area contributed by atoms with Gasteiger partial charge in [0.05, 0.1) is 12.8 Å². The molecule has 2 aromatic carbocycles. The molecular formula is C16H16N2O2S. The third-order valence-corrected chi connectivity index (χ3v) is 3.25. The summed E-state index contributed by atoms with van der Waals surface area (Å²) in [5.41, 5.74) is 8.39. The van der Waals surface area contributed by atoms with E-state index >= 15 is 0 Å². The molecule has 0 aromatic heterocycles. The van der Waals surface area contributed by atoms with Gasteiger partial charge in [-0.1, -0.05) is 30.4 Å². The zero-order valence-corrected chi connectivity index (χ0v) is 12.7. The van der Waals surface area contributed by atoms with E-state index in [1.54, 1.807) is 31.4 Å². The lowest BCUT2D eigenvalue weighted by atomic mass is 10.1. The van der Waals surface area contributed by atoms with Crippen LogP contribution in [-0.2, 0) is 0 Å². The summed E-state index contributed by atoms with van der Waals surface area (Å²) in [6.07, 6.45) is 0. The van der Waals surface area contributed by atoms with Crippen LogP contribution in [0.3, 0.4) is 0 Å². The Morgan fingerprint density at radius 1 is 1.19 bits per heavy atom. The van der Waals surface area contributed by atoms with Crippen LogP contribution >= 0.6 is 12.2 Å². The van der Waals surface area contributed by atoms with E-state index in [2.05, 4.69) is 5.32 Å². The molecule has 0 heterocycles. The van der Waals surface area contributed by atoms with Gasteiger partial charge in [-0.25, -0.2) is 0 Å². The van der Waals surface area contributed by atoms with Crippen LogP contribution in [0.15, 0.2) is 42.5 Å². The number of aryl methyl sites for hydroxylation is 1. The maximum absolute atomic E-state index is 12.3. The number of carbonyl (C=O) groups is 1. The zero-order valence-electron chi connectivity index (χ0n) is 11.8. The Balaban J connectivity index is 2.28. The number of thiocarbonyl (C=S) groups is 1. The molecule has 0 saturated carbocycles. The molecule has 4 nitrogen and oxygen atoms in total. The minimum atomic E-state index is -0.239. The predicted octanol–water partition coefficient (Wildman–Crippen LogP) is 2.89. The van der Waals surface area contributed by atoms with Crippen LogP contribution in [0, 0.1) is 6.92 Å². The molecule has 2 aromatic rings. The molecule has 0 aliphatic carbocycles. The quantitative estimate of drug-likeness (QED) is 0.852. The van der Waals surface area contributed by atoms with Crippen LogP contribution in [0.4, 0.5) is 5.69 Å². The maximum Gasteiger partial charge on any atom is 0.255 e. The number of nitrogens with one attached hydrogen (secondary N) is 1. The standard InChI is InChI=1S/C16H16N2O2S/c1-10-6-7-14(20-2)13(8-10)18-16(19)12-5-3-4-11(9-12)15(17)21/h3-9H,1-2H3,(H2,17,21)(H,18,19). The van der Waals surface area contributed by atoms with Crippen molar-refractivity contribution >= 4 is 28.8 Å². The minimum Gasteiger partial charge on any atom is -0.495 e. The van der Waals surface area contributed by atoms with E-state index in [0.717, 1.165) is 5.56 Å². The van der Waals surface area contributed by atoms with Crippen LogP contribution < -0.4 is 15.8 Å². The summed E-state index contributed by atoms with van der Waals surface area (Å²) < 4.78 is 5.24. The average Bonchev–Trinajstić information content (AvgIpc) is 2.47. The van der Waals surface area contributed by atoms with Gasteiger partial charge in [0, 0.05) is 11.1 Å². The number of anilines is 1. The molecular weight excluding hydrogens is 284 g/mol. The molecule has 0 aliphatic heterocycles. The highest BCUT2D eigenvalue weighted by atomic mass is 32.1. The van der Waals surface area contributed by atoms with Gasteiger partial charge in [-0.05, 0) is 36.8 Å². The third-order valence-electron chi connectivity index (χ3n) is 3.01. The summed E-state index contributed by atoms with van der Waals surface area (Å²) >= 11 is 4.92. The second-order valence-electron chi connectivity index (χ2n) is 4.60. The Kier molecular flexibility index (Phi) is 4.55. The Labute approximate surface area is 128 Å². The Morgan fingerprint density at radius 3 is 2.57 bits per heavy atom. The Hall–Kier alpha value is -2.40. The van der Waals surface area contributed by atoms with E-state index in [0.29, 0.717) is 22.6 Å². The van der Waals surface area contributed by atoms with Gasteiger partial charge >= 0.3 is 0 Å². The number of amides is 1. The number of hydrogen-bond acceptors (Lipinski definition) is 3. The van der Waals surface area contributed by atoms with E-state index in [4.69, 9.17) is 22.7 Å². The minimum absolute atomic E-state index is 0.239. The zero-order chi connectivity index (χ0) is 15.4. The Morgan fingerprint density at radius 2 is 1.90 bits per heavy atom. The van der Waals surface area contributed by atoms with Crippen LogP contribution in [0.1, 0.15) is 21.5 Å². The van der Waals surface area contributed by atoms with Gasteiger partial charge in [-0.15, -0.1) is 0 Å². The normalized spacial score (nSPS) is 10.0. The first-order valence-corrected chi connectivity index (χ1v) is 6.78. The average molecular weight is 300 g/mol. The van der Waals surface area contributed by atoms with Crippen molar-refractivity contribution < 1.29 is 9.53 Å². The van der Waals surface area contributed by atoms with Crippen molar-refractivity contribution in [2.24, 2.45) is 5.73 Å². The number of ether oxygens (including phenoxy) is 1. The number of benzene rings is 2. The van der Waals surface area contributed by atoms with Crippen molar-refractivity contribution in [3.05, 3.63) is 59.2 Å². The molecule has 0 unspecified atom stereocenters. The molecule has 0 saturated heterocycles. The summed E-state index contributed by atoms with van der Waals surface area (Å²) in [5, 5.41) is 2.84. The summed E-state index contributed by atoms with van der Waals surface area (Å²) in [6, 6.07) is 12.5. The Bertz CT molecular complexity index is 698. The predicted molar refractivity (Wildman–Crippen MR) is 88.0 cm³/mol. The van der Waals surface area contributed by atoms with Crippen molar-refractivity contribution in [1.29, 1.82) is 0 Å². The van der Waals surface area contributed by atoms with E-state index in [1.807, 2.05) is 25.1 Å². The molecule has 0 aliphatic rings. The molecule has 0 atom stereocenters. The topological polar surface area (TPSA) is 64.3 Å². The first-order valence-electron chi connectivity index (χ1n) is 6.37. The molecule has 3 N–H and O–H groups in total. The molecule has 5 heteroatoms. The van der Waals surface area contributed by atoms with Gasteiger partial charge in [0.15, 0.2) is 0 Å². The third kappa shape index (κ3) is 3.58. The van der Waals surface area contributed by atoms with Crippen LogP contribution in [-0.4, -0.2) is 18.0 Å². The SMILES string of the molecule is COc1ccc(C)cc1NC(=O)c1cccc(C(N)=S)c1. The smallest absolute Gasteiger partial charge is 0.255 e. The van der Waals surface area contributed by atoms with Gasteiger partial charge in [0.25, 0.3) is 5.91 Å². The monoisotopic (exact) mass is 300 g/mol. The number of nitrogens with two attached hydrogens (primary N) is 1. The number of hydrogen-bond donors (Lipinski definition) is 2. The summed E-state index contributed by atoms with van der Waals surface area (Å²) in [7, 11) is 1.56. The first-order chi connectivity index (χ1) is 10.0. The van der Waals surface area contributed by atoms with Crippen LogP contribution in [0.5, 0.6) is 5.75 Å². The van der Waals surface area contributed by atoms with Crippen molar-refractivity contribution in [2.45, 2.75) is 6.92 Å². The fourth-order valence-electron chi connectivity index (χ4n) is 1.93. The second kappa shape index (κ2) is 6.37. The van der Waals surface area contributed by atoms with Gasteiger partial charge in [-0.3, -0.25) is 4.79 Å². The van der Waals surface area contributed by atoms with Crippen molar-refractivity contribution in [2.75, 3.05) is 12.4 Å². The molecule has 0 radical (unpaired) electrons. The highest BCUT2D eigenvalue weighted by molar-refractivity contribution is 7.80. The molecule has 2 rings (SSSR count). The molecule has 21 heavy (non-hydrogen) atoms. The maximum atomic E-state index is 12.3. The highest BCUT2D eigenvalue weighted by Crippen LogP contribution is 2.25. The molecule has 108 valence electrons. The van der Waals surface area contributed by atoms with Crippen molar-refractivity contribution in [1.82, 2.24) is 0 Å². The summed E-state index contributed by atoms with van der Waals surface area (Å²) in [4.78, 5) is 12.6. The first kappa shape index (κ1) is 15.0. The fraction of sp³-hybridized carbons (Fsp3) is 0.125. The number of rotatable bonds is 4. The molecule has 0 fully saturated rings. The van der Waals surface area contributed by atoms with Crippen LogP contribution in [0.25, 0.3) is 0 Å². The van der Waals surface area contributed by atoms with E-state index in [1.165, 1.54) is 0 Å². The van der Waals surface area contributed by atoms with Crippen molar-refractivity contribution in [3.8, 4) is 5.75 Å². The van der Waals surface area contributed by atoms with Gasteiger partial charge in [-0.2, -0.15) is 0 Å². The van der Waals surface area contributed by atoms with Gasteiger partial charge in [0.1, 0.15) is 10.7 Å². The van der Waals surface area contributed by atoms with Crippen molar-refractivity contribution in [3.63, 3.8) is 0 Å². The lowest BCUT2D eigenvalue weighted by molar-refractivity contribution is 0.102. The van der Waals surface area contributed by atoms with E-state index < -0.39 is 0 Å². The number of carbonyl (C=O) groups excluding carboxylic acids is 1. The number of methoxy groups -OCH3 is 1. The molecule has 1 amide bonds. The fourth-order valence-corrected chi connectivity index (χ4v) is 2.05. The second-order valence-corrected chi connectivity index (χ2v) is 5.04. The van der Waals surface area contributed by atoms with E-state index in [9.17, 15) is 4.79 Å². The lowest BCUT2D eigenvalue weighted by Crippen LogP contribution is -2.15. The van der Waals surface area contributed by atoms with Gasteiger partial charge in [0.2, 0.25) is 0 Å². The largest absolute Gasteiger partial charge is 0.495 e. The molecule has 0 spiro atoms. The summed E-state index contributed by atoms with van der Waals surface area (Å²) in [5.74, 6) is 0.372. The molecule has 0 bridgehead atoms. The lowest BCUT2D eigenvalue weighted by Gasteiger charge is -2.11.